The molecule has 3 N–H and O–H groups in total. The zero-order valence-corrected chi connectivity index (χ0v) is 32.7. The van der Waals surface area contributed by atoms with E-state index >= 15 is 0 Å². The molecule has 2 unspecified atom stereocenters. The lowest BCUT2D eigenvalue weighted by molar-refractivity contribution is -0.123. The average Bonchev–Trinajstić information content (AvgIpc) is 3.10. The van der Waals surface area contributed by atoms with Gasteiger partial charge in [0.05, 0.1) is 18.8 Å². The van der Waals surface area contributed by atoms with Crippen molar-refractivity contribution in [2.45, 2.75) is 225 Å². The summed E-state index contributed by atoms with van der Waals surface area (Å²) in [5.74, 6) is -0.0915. The second kappa shape index (κ2) is 40.8. The maximum absolute atomic E-state index is 12.3. The van der Waals surface area contributed by atoms with E-state index in [-0.39, 0.29) is 12.5 Å². The van der Waals surface area contributed by atoms with Crippen LogP contribution in [0.3, 0.4) is 0 Å². The van der Waals surface area contributed by atoms with Gasteiger partial charge in [0.25, 0.3) is 0 Å². The van der Waals surface area contributed by atoms with Crippen LogP contribution in [-0.2, 0) is 4.79 Å². The Balaban J connectivity index is 3.59. The van der Waals surface area contributed by atoms with E-state index in [9.17, 15) is 15.0 Å². The third-order valence-corrected chi connectivity index (χ3v) is 9.49. The number of carbonyl (C=O) groups is 1. The van der Waals surface area contributed by atoms with E-state index < -0.39 is 12.1 Å². The van der Waals surface area contributed by atoms with Gasteiger partial charge in [-0.25, -0.2) is 0 Å². The molecule has 0 aromatic rings. The fourth-order valence-corrected chi connectivity index (χ4v) is 6.21. The molecule has 2 atom stereocenters. The minimum absolute atomic E-state index is 0.0915. The Morgan fingerprint density at radius 2 is 0.837 bits per heavy atom. The smallest absolute Gasteiger partial charge is 0.220 e. The SMILES string of the molecule is CCC/C=C\CCCCCCCC(=O)NC(CO)C(O)/C=C/CC/C=C/CC/C=C/CCCCCCCCCCCCCCCCCCC. The number of amides is 1. The normalized spacial score (nSPS) is 13.5. The van der Waals surface area contributed by atoms with Crippen molar-refractivity contribution in [1.82, 2.24) is 5.32 Å². The van der Waals surface area contributed by atoms with Gasteiger partial charge in [0.15, 0.2) is 0 Å². The highest BCUT2D eigenvalue weighted by atomic mass is 16.3. The minimum atomic E-state index is -0.872. The minimum Gasteiger partial charge on any atom is -0.394 e. The predicted molar refractivity (Wildman–Crippen MR) is 216 cm³/mol. The van der Waals surface area contributed by atoms with Gasteiger partial charge in [0.1, 0.15) is 0 Å². The van der Waals surface area contributed by atoms with Gasteiger partial charge < -0.3 is 15.5 Å². The molecule has 1 amide bonds. The molecule has 4 heteroatoms. The lowest BCUT2D eigenvalue weighted by Gasteiger charge is -2.19. The quantitative estimate of drug-likeness (QED) is 0.0447. The molecule has 49 heavy (non-hydrogen) atoms. The lowest BCUT2D eigenvalue weighted by atomic mass is 10.0. The van der Waals surface area contributed by atoms with Crippen molar-refractivity contribution >= 4 is 5.91 Å². The number of hydrogen-bond acceptors (Lipinski definition) is 3. The molecule has 0 aliphatic carbocycles. The van der Waals surface area contributed by atoms with E-state index in [0.29, 0.717) is 6.42 Å². The van der Waals surface area contributed by atoms with Crippen molar-refractivity contribution in [3.8, 4) is 0 Å². The highest BCUT2D eigenvalue weighted by Gasteiger charge is 2.17. The van der Waals surface area contributed by atoms with Gasteiger partial charge in [0, 0.05) is 6.42 Å². The molecule has 0 heterocycles. The number of rotatable bonds is 38. The summed E-state index contributed by atoms with van der Waals surface area (Å²) >= 11 is 0. The van der Waals surface area contributed by atoms with Crippen LogP contribution in [0.25, 0.3) is 0 Å². The Hall–Kier alpha value is -1.65. The van der Waals surface area contributed by atoms with Gasteiger partial charge in [-0.1, -0.05) is 191 Å². The van der Waals surface area contributed by atoms with E-state index in [1.165, 1.54) is 141 Å². The second-order valence-electron chi connectivity index (χ2n) is 14.4. The standard InChI is InChI=1S/C45H83NO3/c1-3-5-7-9-11-13-15-16-17-18-19-20-21-22-23-24-25-26-27-28-29-30-31-32-34-36-38-40-44(48)43(42-47)46-45(49)41-39-37-35-33-14-12-10-8-6-4-2/h8,10,27-28,31-32,38,40,43-44,47-48H,3-7,9,11-26,29-30,33-37,39,41-42H2,1-2H3,(H,46,49)/b10-8-,28-27+,32-31+,40-38+. The highest BCUT2D eigenvalue weighted by Crippen LogP contribution is 2.15. The van der Waals surface area contributed by atoms with Crippen LogP contribution in [0.5, 0.6) is 0 Å². The number of nitrogens with one attached hydrogen (secondary N) is 1. The number of allylic oxidation sites excluding steroid dienone is 7. The summed E-state index contributed by atoms with van der Waals surface area (Å²) < 4.78 is 0. The second-order valence-corrected chi connectivity index (χ2v) is 14.4. The summed E-state index contributed by atoms with van der Waals surface area (Å²) in [7, 11) is 0. The Kier molecular flexibility index (Phi) is 39.4. The van der Waals surface area contributed by atoms with Crippen LogP contribution in [0.1, 0.15) is 213 Å². The van der Waals surface area contributed by atoms with Crippen molar-refractivity contribution in [2.24, 2.45) is 0 Å². The van der Waals surface area contributed by atoms with Gasteiger partial charge in [-0.05, 0) is 64.2 Å². The molecular weight excluding hydrogens is 602 g/mol. The van der Waals surface area contributed by atoms with Crippen molar-refractivity contribution in [3.05, 3.63) is 48.6 Å². The molecule has 0 aromatic heterocycles. The van der Waals surface area contributed by atoms with Crippen LogP contribution in [0.15, 0.2) is 48.6 Å². The van der Waals surface area contributed by atoms with Gasteiger partial charge in [-0.15, -0.1) is 0 Å². The monoisotopic (exact) mass is 686 g/mol. The van der Waals surface area contributed by atoms with Gasteiger partial charge in [-0.2, -0.15) is 0 Å². The summed E-state index contributed by atoms with van der Waals surface area (Å²) in [5, 5.41) is 22.9. The Morgan fingerprint density at radius 3 is 1.27 bits per heavy atom. The van der Waals surface area contributed by atoms with Crippen molar-refractivity contribution in [1.29, 1.82) is 0 Å². The van der Waals surface area contributed by atoms with E-state index in [1.54, 1.807) is 6.08 Å². The third kappa shape index (κ3) is 37.4. The van der Waals surface area contributed by atoms with E-state index in [2.05, 4.69) is 55.6 Å². The van der Waals surface area contributed by atoms with Crippen LogP contribution in [0.2, 0.25) is 0 Å². The maximum Gasteiger partial charge on any atom is 0.220 e. The molecule has 0 spiro atoms. The number of aliphatic hydroxyl groups excluding tert-OH is 2. The molecule has 0 saturated heterocycles. The van der Waals surface area contributed by atoms with Crippen LogP contribution in [0.4, 0.5) is 0 Å². The fraction of sp³-hybridized carbons (Fsp3) is 0.800. The Bertz CT molecular complexity index is 786. The average molecular weight is 686 g/mol. The molecule has 0 saturated carbocycles. The number of hydrogen-bond donors (Lipinski definition) is 3. The molecule has 286 valence electrons. The Morgan fingerprint density at radius 1 is 0.469 bits per heavy atom. The third-order valence-electron chi connectivity index (χ3n) is 9.49. The summed E-state index contributed by atoms with van der Waals surface area (Å²) in [5.41, 5.74) is 0. The molecule has 0 rings (SSSR count). The number of unbranched alkanes of at least 4 members (excludes halogenated alkanes) is 25. The molecule has 0 radical (unpaired) electrons. The number of carbonyl (C=O) groups excluding carboxylic acids is 1. The number of aliphatic hydroxyl groups is 2. The maximum atomic E-state index is 12.3. The largest absolute Gasteiger partial charge is 0.394 e. The van der Waals surface area contributed by atoms with Crippen LogP contribution < -0.4 is 5.32 Å². The van der Waals surface area contributed by atoms with E-state index in [4.69, 9.17) is 0 Å². The molecule has 0 aliphatic heterocycles. The summed E-state index contributed by atoms with van der Waals surface area (Å²) in [6.07, 6.45) is 55.2. The Labute approximate surface area is 305 Å². The first-order valence-electron chi connectivity index (χ1n) is 21.4. The van der Waals surface area contributed by atoms with E-state index in [0.717, 1.165) is 51.4 Å². The van der Waals surface area contributed by atoms with Gasteiger partial charge >= 0.3 is 0 Å². The fourth-order valence-electron chi connectivity index (χ4n) is 6.21. The molecule has 0 fully saturated rings. The van der Waals surface area contributed by atoms with Crippen molar-refractivity contribution < 1.29 is 15.0 Å². The van der Waals surface area contributed by atoms with Gasteiger partial charge in [0.2, 0.25) is 5.91 Å². The molecule has 4 nitrogen and oxygen atoms in total. The van der Waals surface area contributed by atoms with Crippen LogP contribution in [0, 0.1) is 0 Å². The molecular formula is C45H83NO3. The van der Waals surface area contributed by atoms with Crippen LogP contribution >= 0.6 is 0 Å². The van der Waals surface area contributed by atoms with Crippen molar-refractivity contribution in [2.75, 3.05) is 6.61 Å². The summed E-state index contributed by atoms with van der Waals surface area (Å²) in [6.45, 7) is 4.22. The topological polar surface area (TPSA) is 69.6 Å². The zero-order valence-electron chi connectivity index (χ0n) is 32.7. The summed E-state index contributed by atoms with van der Waals surface area (Å²) in [4.78, 5) is 12.3. The first-order chi connectivity index (χ1) is 24.2. The first kappa shape index (κ1) is 47.4. The van der Waals surface area contributed by atoms with Gasteiger partial charge in [-0.3, -0.25) is 4.79 Å². The molecule has 0 aromatic carbocycles. The van der Waals surface area contributed by atoms with Crippen molar-refractivity contribution in [3.63, 3.8) is 0 Å². The summed E-state index contributed by atoms with van der Waals surface area (Å²) in [6, 6.07) is -0.648. The highest BCUT2D eigenvalue weighted by molar-refractivity contribution is 5.76. The van der Waals surface area contributed by atoms with Crippen LogP contribution in [-0.4, -0.2) is 34.9 Å². The molecule has 0 aliphatic rings. The zero-order chi connectivity index (χ0) is 35.7. The molecule has 0 bridgehead atoms. The predicted octanol–water partition coefficient (Wildman–Crippen LogP) is 13.2. The lowest BCUT2D eigenvalue weighted by Crippen LogP contribution is -2.45. The first-order valence-corrected chi connectivity index (χ1v) is 21.4. The van der Waals surface area contributed by atoms with E-state index in [1.807, 2.05) is 6.08 Å².